The van der Waals surface area contributed by atoms with Gasteiger partial charge in [-0.2, -0.15) is 5.26 Å². The first-order chi connectivity index (χ1) is 10.1. The first kappa shape index (κ1) is 14.4. The van der Waals surface area contributed by atoms with Gasteiger partial charge in [0.2, 0.25) is 0 Å². The van der Waals surface area contributed by atoms with Crippen LogP contribution in [-0.4, -0.2) is 9.55 Å². The van der Waals surface area contributed by atoms with E-state index in [0.717, 1.165) is 20.6 Å². The monoisotopic (exact) mass is 407 g/mol. The second kappa shape index (κ2) is 5.66. The number of imidazole rings is 1. The zero-order valence-corrected chi connectivity index (χ0v) is 14.1. The van der Waals surface area contributed by atoms with Crippen LogP contribution in [-0.2, 0) is 0 Å². The van der Waals surface area contributed by atoms with Gasteiger partial charge in [-0.05, 0) is 59.8 Å². The van der Waals surface area contributed by atoms with E-state index in [1.54, 1.807) is 6.07 Å². The summed E-state index contributed by atoms with van der Waals surface area (Å²) in [7, 11) is 0. The van der Waals surface area contributed by atoms with Gasteiger partial charge >= 0.3 is 0 Å². The smallest absolute Gasteiger partial charge is 0.132 e. The van der Waals surface area contributed by atoms with Crippen LogP contribution in [0.15, 0.2) is 42.5 Å². The lowest BCUT2D eigenvalue weighted by molar-refractivity contribution is 0.882. The summed E-state index contributed by atoms with van der Waals surface area (Å²) in [6, 6.07) is 15.9. The van der Waals surface area contributed by atoms with Crippen molar-refractivity contribution in [2.45, 2.75) is 12.3 Å². The van der Waals surface area contributed by atoms with E-state index in [9.17, 15) is 5.26 Å². The molecule has 0 saturated carbocycles. The first-order valence-electron chi connectivity index (χ1n) is 6.43. The fourth-order valence-electron chi connectivity index (χ4n) is 2.36. The molecular formula is C16H11ClIN3. The predicted molar refractivity (Wildman–Crippen MR) is 92.8 cm³/mol. The summed E-state index contributed by atoms with van der Waals surface area (Å²) in [6.45, 7) is 1.89. The van der Waals surface area contributed by atoms with Crippen molar-refractivity contribution in [1.82, 2.24) is 9.55 Å². The molecule has 1 atom stereocenters. The molecule has 0 N–H and O–H groups in total. The summed E-state index contributed by atoms with van der Waals surface area (Å²) < 4.78 is 3.16. The average Bonchev–Trinajstić information content (AvgIpc) is 2.86. The fraction of sp³-hybridized carbons (Fsp3) is 0.125. The molecule has 0 radical (unpaired) electrons. The summed E-state index contributed by atoms with van der Waals surface area (Å²) in [4.78, 5) is 4.60. The Labute approximate surface area is 141 Å². The zero-order valence-electron chi connectivity index (χ0n) is 11.2. The standard InChI is InChI=1S/C16H11ClIN3/c1-10(17)16-20-15-11(9-19)4-2-7-14(15)21(16)13-6-3-5-12(18)8-13/h2-8,10H,1H3. The fourth-order valence-corrected chi connectivity index (χ4v) is 3.03. The number of nitrogens with zero attached hydrogens (tertiary/aromatic N) is 3. The second-order valence-corrected chi connectivity index (χ2v) is 6.59. The Kier molecular flexibility index (Phi) is 3.87. The number of hydrogen-bond donors (Lipinski definition) is 0. The van der Waals surface area contributed by atoms with E-state index >= 15 is 0 Å². The van der Waals surface area contributed by atoms with E-state index in [1.165, 1.54) is 0 Å². The first-order valence-corrected chi connectivity index (χ1v) is 7.95. The molecular weight excluding hydrogens is 397 g/mol. The van der Waals surface area contributed by atoms with Gasteiger partial charge < -0.3 is 0 Å². The Bertz CT molecular complexity index is 862. The molecule has 2 aromatic carbocycles. The van der Waals surface area contributed by atoms with Crippen LogP contribution in [0.3, 0.4) is 0 Å². The van der Waals surface area contributed by atoms with Crippen molar-refractivity contribution in [1.29, 1.82) is 5.26 Å². The minimum absolute atomic E-state index is 0.248. The maximum absolute atomic E-state index is 9.26. The Balaban J connectivity index is 2.40. The third-order valence-electron chi connectivity index (χ3n) is 3.25. The van der Waals surface area contributed by atoms with E-state index in [2.05, 4.69) is 39.7 Å². The molecule has 0 spiro atoms. The van der Waals surface area contributed by atoms with Crippen molar-refractivity contribution in [3.05, 3.63) is 57.4 Å². The van der Waals surface area contributed by atoms with Gasteiger partial charge in [0.05, 0.1) is 16.5 Å². The van der Waals surface area contributed by atoms with Gasteiger partial charge in [-0.15, -0.1) is 11.6 Å². The Morgan fingerprint density at radius 2 is 2.05 bits per heavy atom. The molecule has 0 amide bonds. The normalized spacial score (nSPS) is 12.3. The summed E-state index contributed by atoms with van der Waals surface area (Å²) in [5, 5.41) is 9.01. The van der Waals surface area contributed by atoms with Gasteiger partial charge in [0.15, 0.2) is 0 Å². The molecule has 0 fully saturated rings. The van der Waals surface area contributed by atoms with Gasteiger partial charge in [0, 0.05) is 9.26 Å². The topological polar surface area (TPSA) is 41.6 Å². The minimum Gasteiger partial charge on any atom is -0.295 e. The highest BCUT2D eigenvalue weighted by molar-refractivity contribution is 14.1. The molecule has 3 rings (SSSR count). The Morgan fingerprint density at radius 1 is 1.29 bits per heavy atom. The highest BCUT2D eigenvalue weighted by atomic mass is 127. The van der Waals surface area contributed by atoms with Crippen LogP contribution in [0.4, 0.5) is 0 Å². The number of nitriles is 1. The molecule has 21 heavy (non-hydrogen) atoms. The Morgan fingerprint density at radius 3 is 2.71 bits per heavy atom. The molecule has 1 unspecified atom stereocenters. The minimum atomic E-state index is -0.248. The van der Waals surface area contributed by atoms with Crippen LogP contribution in [0.2, 0.25) is 0 Å². The predicted octanol–water partition coefficient (Wildman–Crippen LogP) is 4.80. The van der Waals surface area contributed by atoms with Crippen molar-refractivity contribution in [3.8, 4) is 11.8 Å². The molecule has 0 aliphatic carbocycles. The molecule has 5 heteroatoms. The van der Waals surface area contributed by atoms with Gasteiger partial charge in [0.1, 0.15) is 17.4 Å². The average molecular weight is 408 g/mol. The highest BCUT2D eigenvalue weighted by Crippen LogP contribution is 2.30. The number of aromatic nitrogens is 2. The van der Waals surface area contributed by atoms with E-state index < -0.39 is 0 Å². The number of hydrogen-bond acceptors (Lipinski definition) is 2. The van der Waals surface area contributed by atoms with Gasteiger partial charge in [-0.25, -0.2) is 4.98 Å². The molecule has 0 saturated heterocycles. The second-order valence-electron chi connectivity index (χ2n) is 4.69. The van der Waals surface area contributed by atoms with E-state index in [1.807, 2.05) is 41.8 Å². The lowest BCUT2D eigenvalue weighted by Gasteiger charge is -2.11. The summed E-state index contributed by atoms with van der Waals surface area (Å²) >= 11 is 8.58. The van der Waals surface area contributed by atoms with Crippen molar-refractivity contribution in [2.75, 3.05) is 0 Å². The van der Waals surface area contributed by atoms with E-state index in [4.69, 9.17) is 11.6 Å². The third-order valence-corrected chi connectivity index (χ3v) is 4.12. The van der Waals surface area contributed by atoms with Crippen molar-refractivity contribution < 1.29 is 0 Å². The van der Waals surface area contributed by atoms with Crippen LogP contribution >= 0.6 is 34.2 Å². The lowest BCUT2D eigenvalue weighted by atomic mass is 10.2. The molecule has 3 nitrogen and oxygen atoms in total. The summed E-state index contributed by atoms with van der Waals surface area (Å²) in [5.74, 6) is 0.747. The maximum atomic E-state index is 9.26. The van der Waals surface area contributed by atoms with Crippen molar-refractivity contribution in [2.24, 2.45) is 0 Å². The SMILES string of the molecule is CC(Cl)c1nc2c(C#N)cccc2n1-c1cccc(I)c1. The van der Waals surface area contributed by atoms with Gasteiger partial charge in [0.25, 0.3) is 0 Å². The lowest BCUT2D eigenvalue weighted by Crippen LogP contribution is -2.02. The van der Waals surface area contributed by atoms with Gasteiger partial charge in [-0.1, -0.05) is 12.1 Å². The number of para-hydroxylation sites is 1. The number of alkyl halides is 1. The van der Waals surface area contributed by atoms with Crippen molar-refractivity contribution >= 4 is 45.2 Å². The number of halogens is 2. The third kappa shape index (κ3) is 2.52. The van der Waals surface area contributed by atoms with E-state index in [0.29, 0.717) is 11.1 Å². The summed E-state index contributed by atoms with van der Waals surface area (Å²) in [6.07, 6.45) is 0. The number of rotatable bonds is 2. The molecule has 1 heterocycles. The molecule has 0 aliphatic heterocycles. The quantitative estimate of drug-likeness (QED) is 0.452. The molecule has 104 valence electrons. The molecule has 3 aromatic rings. The highest BCUT2D eigenvalue weighted by Gasteiger charge is 2.18. The summed E-state index contributed by atoms with van der Waals surface area (Å²) in [5.41, 5.74) is 3.16. The van der Waals surface area contributed by atoms with Crippen LogP contribution < -0.4 is 0 Å². The van der Waals surface area contributed by atoms with Crippen molar-refractivity contribution in [3.63, 3.8) is 0 Å². The van der Waals surface area contributed by atoms with Gasteiger partial charge in [-0.3, -0.25) is 4.57 Å². The molecule has 0 bridgehead atoms. The molecule has 1 aromatic heterocycles. The van der Waals surface area contributed by atoms with Crippen LogP contribution in [0.5, 0.6) is 0 Å². The van der Waals surface area contributed by atoms with E-state index in [-0.39, 0.29) is 5.38 Å². The zero-order chi connectivity index (χ0) is 15.0. The van der Waals surface area contributed by atoms with Crippen LogP contribution in [0.25, 0.3) is 16.7 Å². The Hall–Kier alpha value is -1.58. The largest absolute Gasteiger partial charge is 0.295 e. The number of benzene rings is 2. The maximum Gasteiger partial charge on any atom is 0.132 e. The van der Waals surface area contributed by atoms with Crippen LogP contribution in [0, 0.1) is 14.9 Å². The van der Waals surface area contributed by atoms with Crippen LogP contribution in [0.1, 0.15) is 23.7 Å². The molecule has 0 aliphatic rings. The number of fused-ring (bicyclic) bond motifs is 1.